The molecule has 0 spiro atoms. The van der Waals surface area contributed by atoms with Gasteiger partial charge < -0.3 is 9.30 Å². The van der Waals surface area contributed by atoms with Crippen molar-refractivity contribution in [2.45, 2.75) is 38.3 Å². The summed E-state index contributed by atoms with van der Waals surface area (Å²) in [6.07, 6.45) is 8.46. The molecule has 0 amide bonds. The Morgan fingerprint density at radius 1 is 1.35 bits per heavy atom. The Labute approximate surface area is 123 Å². The van der Waals surface area contributed by atoms with Crippen molar-refractivity contribution in [1.82, 2.24) is 19.7 Å². The molecule has 2 aromatic rings. The van der Waals surface area contributed by atoms with Crippen LogP contribution in [0.25, 0.3) is 11.4 Å². The van der Waals surface area contributed by atoms with Crippen LogP contribution >= 0.6 is 12.2 Å². The van der Waals surface area contributed by atoms with Crippen molar-refractivity contribution in [3.8, 4) is 11.4 Å². The molecule has 0 radical (unpaired) electrons. The van der Waals surface area contributed by atoms with Crippen LogP contribution in [0, 0.1) is 4.77 Å². The van der Waals surface area contributed by atoms with Crippen LogP contribution in [-0.2, 0) is 11.3 Å². The lowest BCUT2D eigenvalue weighted by Gasteiger charge is -2.22. The molecule has 3 rings (SSSR count). The van der Waals surface area contributed by atoms with Crippen molar-refractivity contribution in [2.24, 2.45) is 0 Å². The molecule has 2 aromatic heterocycles. The molecule has 0 aromatic carbocycles. The quantitative estimate of drug-likeness (QED) is 0.880. The SMILES string of the molecule is S=c1[nH]nc(-c2ccncc2)n1CCC1CCCCO1. The summed E-state index contributed by atoms with van der Waals surface area (Å²) in [7, 11) is 0. The molecule has 1 fully saturated rings. The lowest BCUT2D eigenvalue weighted by molar-refractivity contribution is 0.00881. The molecule has 106 valence electrons. The number of nitrogens with one attached hydrogen (secondary N) is 1. The van der Waals surface area contributed by atoms with E-state index in [2.05, 4.69) is 15.2 Å². The molecule has 3 heterocycles. The molecule has 5 nitrogen and oxygen atoms in total. The molecule has 0 saturated carbocycles. The van der Waals surface area contributed by atoms with Gasteiger partial charge in [-0.25, -0.2) is 0 Å². The van der Waals surface area contributed by atoms with E-state index < -0.39 is 0 Å². The third-order valence-corrected chi connectivity index (χ3v) is 3.96. The molecule has 1 N–H and O–H groups in total. The fourth-order valence-corrected chi connectivity index (χ4v) is 2.78. The molecule has 1 saturated heterocycles. The first kappa shape index (κ1) is 13.5. The monoisotopic (exact) mass is 290 g/mol. The van der Waals surface area contributed by atoms with Crippen LogP contribution < -0.4 is 0 Å². The highest BCUT2D eigenvalue weighted by molar-refractivity contribution is 7.71. The van der Waals surface area contributed by atoms with E-state index >= 15 is 0 Å². The Morgan fingerprint density at radius 3 is 2.95 bits per heavy atom. The van der Waals surface area contributed by atoms with E-state index in [0.29, 0.717) is 10.9 Å². The van der Waals surface area contributed by atoms with E-state index in [1.807, 2.05) is 16.7 Å². The molecule has 0 aliphatic carbocycles. The zero-order valence-corrected chi connectivity index (χ0v) is 12.1. The molecule has 1 aliphatic heterocycles. The Balaban J connectivity index is 1.76. The van der Waals surface area contributed by atoms with Gasteiger partial charge in [-0.15, -0.1) is 0 Å². The normalized spacial score (nSPS) is 19.1. The third kappa shape index (κ3) is 2.96. The molecule has 1 aliphatic rings. The van der Waals surface area contributed by atoms with Crippen LogP contribution in [0.4, 0.5) is 0 Å². The summed E-state index contributed by atoms with van der Waals surface area (Å²) in [5.41, 5.74) is 1.02. The van der Waals surface area contributed by atoms with Crippen LogP contribution in [0.1, 0.15) is 25.7 Å². The van der Waals surface area contributed by atoms with Gasteiger partial charge in [0.25, 0.3) is 0 Å². The topological polar surface area (TPSA) is 55.7 Å². The highest BCUT2D eigenvalue weighted by atomic mass is 32.1. The second-order valence-electron chi connectivity index (χ2n) is 5.02. The van der Waals surface area contributed by atoms with Gasteiger partial charge in [-0.05, 0) is 50.0 Å². The van der Waals surface area contributed by atoms with Crippen molar-refractivity contribution in [2.75, 3.05) is 6.61 Å². The number of hydrogen-bond acceptors (Lipinski definition) is 4. The maximum absolute atomic E-state index is 5.77. The fourth-order valence-electron chi connectivity index (χ4n) is 2.55. The Hall–Kier alpha value is -1.53. The van der Waals surface area contributed by atoms with E-state index in [9.17, 15) is 0 Å². The van der Waals surface area contributed by atoms with Gasteiger partial charge in [0.1, 0.15) is 0 Å². The van der Waals surface area contributed by atoms with Crippen LogP contribution in [0.5, 0.6) is 0 Å². The van der Waals surface area contributed by atoms with Crippen LogP contribution in [-0.4, -0.2) is 32.5 Å². The fraction of sp³-hybridized carbons (Fsp3) is 0.500. The molecule has 20 heavy (non-hydrogen) atoms. The minimum absolute atomic E-state index is 0.353. The smallest absolute Gasteiger partial charge is 0.195 e. The third-order valence-electron chi connectivity index (χ3n) is 3.65. The van der Waals surface area contributed by atoms with Gasteiger partial charge in [0.05, 0.1) is 6.10 Å². The summed E-state index contributed by atoms with van der Waals surface area (Å²) >= 11 is 5.33. The first-order valence-electron chi connectivity index (χ1n) is 7.02. The number of ether oxygens (including phenoxy) is 1. The van der Waals surface area contributed by atoms with E-state index in [0.717, 1.165) is 37.4 Å². The number of nitrogens with zero attached hydrogens (tertiary/aromatic N) is 3. The van der Waals surface area contributed by atoms with Gasteiger partial charge in [0.2, 0.25) is 0 Å². The molecule has 1 unspecified atom stereocenters. The Kier molecular flexibility index (Phi) is 4.22. The van der Waals surface area contributed by atoms with Crippen LogP contribution in [0.3, 0.4) is 0 Å². The van der Waals surface area contributed by atoms with Crippen LogP contribution in [0.2, 0.25) is 0 Å². The minimum Gasteiger partial charge on any atom is -0.378 e. The molecule has 1 atom stereocenters. The lowest BCUT2D eigenvalue weighted by Crippen LogP contribution is -2.21. The number of H-pyrrole nitrogens is 1. The standard InChI is InChI=1S/C14H18N4OS/c20-14-17-16-13(11-4-7-15-8-5-11)18(14)9-6-12-3-1-2-10-19-12/h4-5,7-8,12H,1-3,6,9-10H2,(H,17,20). The van der Waals surface area contributed by atoms with Crippen molar-refractivity contribution in [1.29, 1.82) is 0 Å². The average Bonchev–Trinajstić information content (AvgIpc) is 2.88. The van der Waals surface area contributed by atoms with Crippen LogP contribution in [0.15, 0.2) is 24.5 Å². The number of aromatic amines is 1. The molecule has 0 bridgehead atoms. The predicted molar refractivity (Wildman–Crippen MR) is 78.9 cm³/mol. The lowest BCUT2D eigenvalue weighted by atomic mass is 10.1. The van der Waals surface area contributed by atoms with Gasteiger partial charge in [-0.1, -0.05) is 0 Å². The van der Waals surface area contributed by atoms with E-state index in [1.54, 1.807) is 12.4 Å². The van der Waals surface area contributed by atoms with Gasteiger partial charge in [0, 0.05) is 31.1 Å². The van der Waals surface area contributed by atoms with Crippen molar-refractivity contribution in [3.63, 3.8) is 0 Å². The summed E-state index contributed by atoms with van der Waals surface area (Å²) in [5.74, 6) is 0.869. The number of hydrogen-bond donors (Lipinski definition) is 1. The molecular weight excluding hydrogens is 272 g/mol. The van der Waals surface area contributed by atoms with Crippen molar-refractivity contribution < 1.29 is 4.74 Å². The maximum Gasteiger partial charge on any atom is 0.195 e. The molecular formula is C14H18N4OS. The van der Waals surface area contributed by atoms with Gasteiger partial charge in [0.15, 0.2) is 10.6 Å². The summed E-state index contributed by atoms with van der Waals surface area (Å²) in [6, 6.07) is 3.89. The number of rotatable bonds is 4. The molecule has 6 heteroatoms. The van der Waals surface area contributed by atoms with Crippen molar-refractivity contribution in [3.05, 3.63) is 29.3 Å². The largest absolute Gasteiger partial charge is 0.378 e. The summed E-state index contributed by atoms with van der Waals surface area (Å²) in [4.78, 5) is 4.03. The first-order valence-corrected chi connectivity index (χ1v) is 7.42. The summed E-state index contributed by atoms with van der Waals surface area (Å²) in [6.45, 7) is 1.72. The first-order chi connectivity index (χ1) is 9.84. The Morgan fingerprint density at radius 2 is 2.20 bits per heavy atom. The zero-order chi connectivity index (χ0) is 13.8. The van der Waals surface area contributed by atoms with Gasteiger partial charge in [-0.2, -0.15) is 5.10 Å². The number of pyridine rings is 1. The summed E-state index contributed by atoms with van der Waals surface area (Å²) < 4.78 is 8.48. The second kappa shape index (κ2) is 6.28. The minimum atomic E-state index is 0.353. The zero-order valence-electron chi connectivity index (χ0n) is 11.3. The highest BCUT2D eigenvalue weighted by Crippen LogP contribution is 2.20. The highest BCUT2D eigenvalue weighted by Gasteiger charge is 2.15. The summed E-state index contributed by atoms with van der Waals surface area (Å²) in [5, 5.41) is 7.20. The predicted octanol–water partition coefficient (Wildman–Crippen LogP) is 2.96. The Bertz CT molecular complexity index is 601. The average molecular weight is 290 g/mol. The van der Waals surface area contributed by atoms with E-state index in [1.165, 1.54) is 12.8 Å². The van der Waals surface area contributed by atoms with E-state index in [-0.39, 0.29) is 0 Å². The second-order valence-corrected chi connectivity index (χ2v) is 5.40. The number of aromatic nitrogens is 4. The van der Waals surface area contributed by atoms with Gasteiger partial charge >= 0.3 is 0 Å². The maximum atomic E-state index is 5.77. The van der Waals surface area contributed by atoms with E-state index in [4.69, 9.17) is 17.0 Å². The van der Waals surface area contributed by atoms with Gasteiger partial charge in [-0.3, -0.25) is 10.1 Å². The van der Waals surface area contributed by atoms with Crippen molar-refractivity contribution >= 4 is 12.2 Å².